The number of carbonyl (C=O) groups excluding carboxylic acids is 1. The number of H-pyrrole nitrogens is 2. The van der Waals surface area contributed by atoms with Crippen LogP contribution in [0.4, 0.5) is 4.39 Å². The van der Waals surface area contributed by atoms with Gasteiger partial charge in [0.1, 0.15) is 11.6 Å². The highest BCUT2D eigenvalue weighted by molar-refractivity contribution is 5.85. The maximum absolute atomic E-state index is 15.2. The van der Waals surface area contributed by atoms with Gasteiger partial charge in [-0.3, -0.25) is 4.79 Å². The van der Waals surface area contributed by atoms with E-state index in [0.717, 1.165) is 47.8 Å². The van der Waals surface area contributed by atoms with Gasteiger partial charge in [0.15, 0.2) is 0 Å². The Morgan fingerprint density at radius 2 is 1.91 bits per heavy atom. The van der Waals surface area contributed by atoms with Gasteiger partial charge in [0, 0.05) is 37.1 Å². The zero-order chi connectivity index (χ0) is 22.5. The number of nitrogens with zero attached hydrogens (tertiary/aromatic N) is 3. The van der Waals surface area contributed by atoms with Crippen LogP contribution in [0.2, 0.25) is 0 Å². The van der Waals surface area contributed by atoms with Crippen LogP contribution in [0.15, 0.2) is 53.5 Å². The first-order valence-corrected chi connectivity index (χ1v) is 11.4. The van der Waals surface area contributed by atoms with Crippen molar-refractivity contribution in [3.05, 3.63) is 70.8 Å². The SMILES string of the molecule is O=C(C1CC1)N1CC[C@@H](Cc2n[nH]c(=O)n2-c2ccc(-c3ccc4cc[nH]c4c3)cc2F)C1. The average molecular weight is 445 g/mol. The Morgan fingerprint density at radius 1 is 1.09 bits per heavy atom. The lowest BCUT2D eigenvalue weighted by Gasteiger charge is -2.16. The summed E-state index contributed by atoms with van der Waals surface area (Å²) in [6.45, 7) is 1.40. The first-order chi connectivity index (χ1) is 16.1. The highest BCUT2D eigenvalue weighted by Gasteiger charge is 2.37. The van der Waals surface area contributed by atoms with Gasteiger partial charge in [0.25, 0.3) is 0 Å². The van der Waals surface area contributed by atoms with E-state index in [2.05, 4.69) is 15.2 Å². The molecule has 1 saturated heterocycles. The highest BCUT2D eigenvalue weighted by Crippen LogP contribution is 2.33. The van der Waals surface area contributed by atoms with Crippen molar-refractivity contribution in [1.29, 1.82) is 0 Å². The van der Waals surface area contributed by atoms with Crippen molar-refractivity contribution >= 4 is 16.8 Å². The molecular weight excluding hydrogens is 421 g/mol. The van der Waals surface area contributed by atoms with Crippen LogP contribution in [-0.2, 0) is 11.2 Å². The number of carbonyl (C=O) groups is 1. The quantitative estimate of drug-likeness (QED) is 0.492. The molecule has 1 aliphatic carbocycles. The lowest BCUT2D eigenvalue weighted by molar-refractivity contribution is -0.131. The summed E-state index contributed by atoms with van der Waals surface area (Å²) in [5.41, 5.74) is 2.32. The summed E-state index contributed by atoms with van der Waals surface area (Å²) in [4.78, 5) is 30.0. The molecular formula is C25H24FN5O2. The number of amides is 1. The third-order valence-corrected chi connectivity index (χ3v) is 6.81. The summed E-state index contributed by atoms with van der Waals surface area (Å²) >= 11 is 0. The second-order valence-corrected chi connectivity index (χ2v) is 9.14. The Hall–Kier alpha value is -3.68. The van der Waals surface area contributed by atoms with Crippen LogP contribution >= 0.6 is 0 Å². The van der Waals surface area contributed by atoms with Crippen LogP contribution in [0.5, 0.6) is 0 Å². The van der Waals surface area contributed by atoms with Crippen LogP contribution in [0.3, 0.4) is 0 Å². The standard InChI is InChI=1S/C25H24FN5O2/c26-20-12-18(19-4-1-16-7-9-27-21(16)13-19)5-6-22(20)31-23(28-29-25(31)33)11-15-8-10-30(14-15)24(32)17-2-3-17/h1,4-7,9,12-13,15,17,27H,2-3,8,10-11,14H2,(H,29,33)/t15-/m0/s1. The van der Waals surface area contributed by atoms with E-state index in [-0.39, 0.29) is 23.4 Å². The fourth-order valence-electron chi connectivity index (χ4n) is 4.86. The molecule has 1 aliphatic heterocycles. The molecule has 2 aromatic heterocycles. The molecule has 0 spiro atoms. The number of rotatable bonds is 5. The van der Waals surface area contributed by atoms with Gasteiger partial charge >= 0.3 is 5.69 Å². The van der Waals surface area contributed by atoms with Gasteiger partial charge in [-0.05, 0) is 66.0 Å². The smallest absolute Gasteiger partial charge is 0.348 e. The monoisotopic (exact) mass is 445 g/mol. The van der Waals surface area contributed by atoms with Gasteiger partial charge in [-0.25, -0.2) is 18.9 Å². The second-order valence-electron chi connectivity index (χ2n) is 9.14. The maximum atomic E-state index is 15.2. The van der Waals surface area contributed by atoms with Gasteiger partial charge in [-0.15, -0.1) is 0 Å². The van der Waals surface area contributed by atoms with Gasteiger partial charge in [0.2, 0.25) is 5.91 Å². The molecule has 2 fully saturated rings. The number of fused-ring (bicyclic) bond motifs is 1. The molecule has 6 rings (SSSR count). The first kappa shape index (κ1) is 20.0. The minimum absolute atomic E-state index is 0.178. The molecule has 2 aromatic carbocycles. The number of nitrogens with one attached hydrogen (secondary N) is 2. The highest BCUT2D eigenvalue weighted by atomic mass is 19.1. The second kappa shape index (κ2) is 7.72. The van der Waals surface area contributed by atoms with Crippen molar-refractivity contribution in [3.8, 4) is 16.8 Å². The average Bonchev–Trinajstić information content (AvgIpc) is 3.21. The lowest BCUT2D eigenvalue weighted by atomic mass is 10.0. The molecule has 8 heteroatoms. The number of likely N-dealkylation sites (tertiary alicyclic amines) is 1. The predicted molar refractivity (Wildman–Crippen MR) is 123 cm³/mol. The molecule has 7 nitrogen and oxygen atoms in total. The van der Waals surface area contributed by atoms with Gasteiger partial charge in [0.05, 0.1) is 5.69 Å². The largest absolute Gasteiger partial charge is 0.361 e. The van der Waals surface area contributed by atoms with E-state index in [1.54, 1.807) is 6.07 Å². The van der Waals surface area contributed by atoms with Crippen molar-refractivity contribution < 1.29 is 9.18 Å². The molecule has 0 unspecified atom stereocenters. The topological polar surface area (TPSA) is 86.8 Å². The predicted octanol–water partition coefficient (Wildman–Crippen LogP) is 3.65. The zero-order valence-corrected chi connectivity index (χ0v) is 18.1. The third kappa shape index (κ3) is 3.65. The molecule has 2 N–H and O–H groups in total. The molecule has 1 saturated carbocycles. The van der Waals surface area contributed by atoms with Crippen molar-refractivity contribution in [1.82, 2.24) is 24.6 Å². The summed E-state index contributed by atoms with van der Waals surface area (Å²) in [5.74, 6) is 0.663. The summed E-state index contributed by atoms with van der Waals surface area (Å²) < 4.78 is 16.5. The van der Waals surface area contributed by atoms with E-state index >= 15 is 4.39 Å². The van der Waals surface area contributed by atoms with Crippen molar-refractivity contribution in [2.75, 3.05) is 13.1 Å². The molecule has 3 heterocycles. The first-order valence-electron chi connectivity index (χ1n) is 11.4. The number of benzene rings is 2. The van der Waals surface area contributed by atoms with E-state index in [1.807, 2.05) is 41.4 Å². The van der Waals surface area contributed by atoms with Crippen LogP contribution < -0.4 is 5.69 Å². The van der Waals surface area contributed by atoms with E-state index in [9.17, 15) is 9.59 Å². The van der Waals surface area contributed by atoms with E-state index in [0.29, 0.717) is 18.8 Å². The van der Waals surface area contributed by atoms with E-state index in [4.69, 9.17) is 0 Å². The van der Waals surface area contributed by atoms with Crippen LogP contribution in [0, 0.1) is 17.7 Å². The fourth-order valence-corrected chi connectivity index (χ4v) is 4.86. The Balaban J connectivity index is 1.26. The molecule has 2 aliphatic rings. The fraction of sp³-hybridized carbons (Fsp3) is 0.320. The van der Waals surface area contributed by atoms with Crippen LogP contribution in [0.1, 0.15) is 25.1 Å². The van der Waals surface area contributed by atoms with Crippen LogP contribution in [-0.4, -0.2) is 43.6 Å². The van der Waals surface area contributed by atoms with Gasteiger partial charge in [-0.2, -0.15) is 5.10 Å². The Kier molecular flexibility index (Phi) is 4.67. The number of halogens is 1. The molecule has 1 amide bonds. The van der Waals surface area contributed by atoms with Gasteiger partial charge < -0.3 is 9.88 Å². The molecule has 4 aromatic rings. The van der Waals surface area contributed by atoms with Crippen molar-refractivity contribution in [2.45, 2.75) is 25.7 Å². The van der Waals surface area contributed by atoms with E-state index in [1.165, 1.54) is 10.6 Å². The normalized spacial score (nSPS) is 18.3. The van der Waals surface area contributed by atoms with E-state index < -0.39 is 11.5 Å². The number of aromatic nitrogens is 4. The molecule has 1 atom stereocenters. The number of aromatic amines is 2. The Bertz CT molecular complexity index is 1410. The van der Waals surface area contributed by atoms with Crippen molar-refractivity contribution in [3.63, 3.8) is 0 Å². The summed E-state index contributed by atoms with van der Waals surface area (Å²) in [6.07, 6.45) is 5.23. The van der Waals surface area contributed by atoms with Crippen molar-refractivity contribution in [2.24, 2.45) is 11.8 Å². The Morgan fingerprint density at radius 3 is 2.73 bits per heavy atom. The molecule has 0 bridgehead atoms. The summed E-state index contributed by atoms with van der Waals surface area (Å²) in [6, 6.07) is 12.8. The zero-order valence-electron chi connectivity index (χ0n) is 18.1. The summed E-state index contributed by atoms with van der Waals surface area (Å²) in [5, 5.41) is 7.74. The van der Waals surface area contributed by atoms with Crippen LogP contribution in [0.25, 0.3) is 27.7 Å². The maximum Gasteiger partial charge on any atom is 0.348 e. The number of hydrogen-bond acceptors (Lipinski definition) is 3. The molecule has 33 heavy (non-hydrogen) atoms. The minimum Gasteiger partial charge on any atom is -0.361 e. The minimum atomic E-state index is -0.485. The number of hydrogen-bond donors (Lipinski definition) is 2. The summed E-state index contributed by atoms with van der Waals surface area (Å²) in [7, 11) is 0. The Labute approximate surface area is 189 Å². The van der Waals surface area contributed by atoms with Gasteiger partial charge in [-0.1, -0.05) is 18.2 Å². The molecule has 0 radical (unpaired) electrons. The third-order valence-electron chi connectivity index (χ3n) is 6.81. The lowest BCUT2D eigenvalue weighted by Crippen LogP contribution is -2.30. The molecule has 168 valence electrons.